The van der Waals surface area contributed by atoms with E-state index in [0.29, 0.717) is 6.04 Å². The molecule has 1 fully saturated rings. The van der Waals surface area contributed by atoms with Crippen molar-refractivity contribution in [2.75, 3.05) is 19.0 Å². The zero-order chi connectivity index (χ0) is 14.1. The van der Waals surface area contributed by atoms with Gasteiger partial charge in [0.05, 0.1) is 19.3 Å². The van der Waals surface area contributed by atoms with E-state index in [-0.39, 0.29) is 6.10 Å². The third-order valence-electron chi connectivity index (χ3n) is 3.86. The lowest BCUT2D eigenvalue weighted by atomic mass is 10.1. The summed E-state index contributed by atoms with van der Waals surface area (Å²) in [5, 5.41) is 4.45. The molecule has 2 unspecified atom stereocenters. The largest absolute Gasteiger partial charge is 0.494 e. The number of methoxy groups -OCH3 is 1. The van der Waals surface area contributed by atoms with Gasteiger partial charge in [-0.05, 0) is 31.9 Å². The van der Waals surface area contributed by atoms with Crippen molar-refractivity contribution in [1.82, 2.24) is 9.97 Å². The quantitative estimate of drug-likeness (QED) is 0.931. The van der Waals surface area contributed by atoms with Crippen molar-refractivity contribution in [2.45, 2.75) is 32.4 Å². The van der Waals surface area contributed by atoms with Gasteiger partial charge in [-0.3, -0.25) is 0 Å². The van der Waals surface area contributed by atoms with Crippen LogP contribution in [0.15, 0.2) is 18.5 Å². The molecule has 1 saturated heterocycles. The molecular weight excluding hydrogens is 254 g/mol. The second kappa shape index (κ2) is 5.25. The standard InChI is InChI=1S/C15H19N3O2/c1-9-4-5-11-13(14(9)19-3)16-8-17-15(11)18-12-6-7-20-10(12)2/h4-5,8,10,12H,6-7H2,1-3H3,(H,16,17,18). The van der Waals surface area contributed by atoms with Crippen LogP contribution in [0.3, 0.4) is 0 Å². The maximum Gasteiger partial charge on any atom is 0.148 e. The van der Waals surface area contributed by atoms with E-state index in [1.54, 1.807) is 13.4 Å². The minimum absolute atomic E-state index is 0.201. The Morgan fingerprint density at radius 2 is 2.20 bits per heavy atom. The van der Waals surface area contributed by atoms with Crippen molar-refractivity contribution in [3.8, 4) is 5.75 Å². The molecule has 0 bridgehead atoms. The van der Waals surface area contributed by atoms with Crippen molar-refractivity contribution in [3.63, 3.8) is 0 Å². The van der Waals surface area contributed by atoms with Gasteiger partial charge in [0.25, 0.3) is 0 Å². The lowest BCUT2D eigenvalue weighted by Crippen LogP contribution is -2.27. The van der Waals surface area contributed by atoms with Crippen molar-refractivity contribution in [2.24, 2.45) is 0 Å². The first-order valence-electron chi connectivity index (χ1n) is 6.87. The number of ether oxygens (including phenoxy) is 2. The number of hydrogen-bond donors (Lipinski definition) is 1. The highest BCUT2D eigenvalue weighted by Crippen LogP contribution is 2.31. The minimum Gasteiger partial charge on any atom is -0.494 e. The molecule has 0 spiro atoms. The van der Waals surface area contributed by atoms with Gasteiger partial charge in [-0.15, -0.1) is 0 Å². The van der Waals surface area contributed by atoms with Crippen molar-refractivity contribution in [1.29, 1.82) is 0 Å². The number of nitrogens with zero attached hydrogens (tertiary/aromatic N) is 2. The molecule has 0 saturated carbocycles. The third kappa shape index (κ3) is 2.18. The van der Waals surface area contributed by atoms with E-state index in [1.807, 2.05) is 19.1 Å². The molecule has 2 aromatic rings. The first-order valence-corrected chi connectivity index (χ1v) is 6.87. The molecular formula is C15H19N3O2. The maximum absolute atomic E-state index is 5.58. The summed E-state index contributed by atoms with van der Waals surface area (Å²) in [6.45, 7) is 4.89. The normalized spacial score (nSPS) is 22.1. The van der Waals surface area contributed by atoms with Crippen LogP contribution in [0.1, 0.15) is 18.9 Å². The molecule has 1 aliphatic heterocycles. The summed E-state index contributed by atoms with van der Waals surface area (Å²) >= 11 is 0. The summed E-state index contributed by atoms with van der Waals surface area (Å²) in [4.78, 5) is 8.74. The van der Waals surface area contributed by atoms with Gasteiger partial charge in [0.1, 0.15) is 23.4 Å². The summed E-state index contributed by atoms with van der Waals surface area (Å²) in [7, 11) is 1.67. The lowest BCUT2D eigenvalue weighted by Gasteiger charge is -2.18. The molecule has 1 aromatic heterocycles. The van der Waals surface area contributed by atoms with Gasteiger partial charge in [-0.1, -0.05) is 6.07 Å². The van der Waals surface area contributed by atoms with Crippen LogP contribution in [-0.4, -0.2) is 35.8 Å². The Balaban J connectivity index is 2.03. The van der Waals surface area contributed by atoms with Crippen LogP contribution in [0.2, 0.25) is 0 Å². The van der Waals surface area contributed by atoms with Gasteiger partial charge in [-0.25, -0.2) is 9.97 Å². The maximum atomic E-state index is 5.58. The molecule has 20 heavy (non-hydrogen) atoms. The predicted molar refractivity (Wildman–Crippen MR) is 78.3 cm³/mol. The summed E-state index contributed by atoms with van der Waals surface area (Å²) in [6.07, 6.45) is 2.77. The predicted octanol–water partition coefficient (Wildman–Crippen LogP) is 2.54. The minimum atomic E-state index is 0.201. The molecule has 0 radical (unpaired) electrons. The number of aryl methyl sites for hydroxylation is 1. The van der Waals surface area contributed by atoms with E-state index in [0.717, 1.165) is 41.1 Å². The molecule has 0 aliphatic carbocycles. The Morgan fingerprint density at radius 1 is 1.35 bits per heavy atom. The van der Waals surface area contributed by atoms with Crippen molar-refractivity contribution >= 4 is 16.7 Å². The van der Waals surface area contributed by atoms with E-state index in [4.69, 9.17) is 9.47 Å². The van der Waals surface area contributed by atoms with Crippen LogP contribution in [-0.2, 0) is 4.74 Å². The third-order valence-corrected chi connectivity index (χ3v) is 3.86. The highest BCUT2D eigenvalue weighted by molar-refractivity contribution is 5.93. The second-order valence-corrected chi connectivity index (χ2v) is 5.15. The summed E-state index contributed by atoms with van der Waals surface area (Å²) in [6, 6.07) is 4.36. The average Bonchev–Trinajstić information content (AvgIpc) is 2.84. The molecule has 3 rings (SSSR count). The molecule has 1 N–H and O–H groups in total. The number of hydrogen-bond acceptors (Lipinski definition) is 5. The number of rotatable bonds is 3. The Hall–Kier alpha value is -1.88. The SMILES string of the molecule is COc1c(C)ccc2c(NC3CCOC3C)ncnc12. The molecule has 106 valence electrons. The van der Waals surface area contributed by atoms with E-state index in [1.165, 1.54) is 0 Å². The van der Waals surface area contributed by atoms with Crippen LogP contribution < -0.4 is 10.1 Å². The molecule has 2 heterocycles. The molecule has 5 nitrogen and oxygen atoms in total. The first kappa shape index (κ1) is 13.1. The highest BCUT2D eigenvalue weighted by atomic mass is 16.5. The van der Waals surface area contributed by atoms with Gasteiger partial charge in [0.15, 0.2) is 0 Å². The van der Waals surface area contributed by atoms with Gasteiger partial charge >= 0.3 is 0 Å². The fourth-order valence-electron chi connectivity index (χ4n) is 2.67. The Morgan fingerprint density at radius 3 is 2.90 bits per heavy atom. The van der Waals surface area contributed by atoms with Gasteiger partial charge in [0, 0.05) is 12.0 Å². The van der Waals surface area contributed by atoms with Crippen molar-refractivity contribution < 1.29 is 9.47 Å². The van der Waals surface area contributed by atoms with Crippen LogP contribution in [0.5, 0.6) is 5.75 Å². The molecule has 5 heteroatoms. The molecule has 2 atom stereocenters. The van der Waals surface area contributed by atoms with Crippen molar-refractivity contribution in [3.05, 3.63) is 24.0 Å². The lowest BCUT2D eigenvalue weighted by molar-refractivity contribution is 0.121. The molecule has 1 aliphatic rings. The zero-order valence-corrected chi connectivity index (χ0v) is 12.0. The van der Waals surface area contributed by atoms with Crippen LogP contribution in [0, 0.1) is 6.92 Å². The summed E-state index contributed by atoms with van der Waals surface area (Å²) in [5.74, 6) is 1.65. The first-order chi connectivity index (χ1) is 9.70. The number of nitrogens with one attached hydrogen (secondary N) is 1. The fraction of sp³-hybridized carbons (Fsp3) is 0.467. The van der Waals surface area contributed by atoms with Crippen LogP contribution in [0.25, 0.3) is 10.9 Å². The van der Waals surface area contributed by atoms with Gasteiger partial charge in [0.2, 0.25) is 0 Å². The van der Waals surface area contributed by atoms with E-state index < -0.39 is 0 Å². The molecule has 1 aromatic carbocycles. The second-order valence-electron chi connectivity index (χ2n) is 5.15. The number of aromatic nitrogens is 2. The van der Waals surface area contributed by atoms with E-state index >= 15 is 0 Å². The average molecular weight is 273 g/mol. The Bertz CT molecular complexity index is 630. The number of fused-ring (bicyclic) bond motifs is 1. The van der Waals surface area contributed by atoms with Gasteiger partial charge < -0.3 is 14.8 Å². The number of benzene rings is 1. The van der Waals surface area contributed by atoms with E-state index in [9.17, 15) is 0 Å². The smallest absolute Gasteiger partial charge is 0.148 e. The van der Waals surface area contributed by atoms with E-state index in [2.05, 4.69) is 22.2 Å². The zero-order valence-electron chi connectivity index (χ0n) is 12.0. The molecule has 0 amide bonds. The summed E-state index contributed by atoms with van der Waals surface area (Å²) < 4.78 is 11.0. The monoisotopic (exact) mass is 273 g/mol. The summed E-state index contributed by atoms with van der Waals surface area (Å²) in [5.41, 5.74) is 1.92. The Labute approximate surface area is 118 Å². The van der Waals surface area contributed by atoms with Gasteiger partial charge in [-0.2, -0.15) is 0 Å². The van der Waals surface area contributed by atoms with Crippen LogP contribution >= 0.6 is 0 Å². The fourth-order valence-corrected chi connectivity index (χ4v) is 2.67. The number of anilines is 1. The van der Waals surface area contributed by atoms with Crippen LogP contribution in [0.4, 0.5) is 5.82 Å². The topological polar surface area (TPSA) is 56.3 Å². The highest BCUT2D eigenvalue weighted by Gasteiger charge is 2.25. The Kier molecular flexibility index (Phi) is 3.44.